The number of aromatic amines is 1. The molecule has 2 N–H and O–H groups in total. The van der Waals surface area contributed by atoms with E-state index in [1.165, 1.54) is 11.3 Å². The Labute approximate surface area is 309 Å². The predicted molar refractivity (Wildman–Crippen MR) is 202 cm³/mol. The van der Waals surface area contributed by atoms with E-state index >= 15 is 4.39 Å². The molecular weight excluding hydrogens is 703 g/mol. The summed E-state index contributed by atoms with van der Waals surface area (Å²) in [6.07, 6.45) is 4.54. The largest absolute Gasteiger partial charge is 0.490 e. The maximum Gasteiger partial charge on any atom is 0.408 e. The maximum atomic E-state index is 16.3. The van der Waals surface area contributed by atoms with E-state index in [9.17, 15) is 9.18 Å². The number of amides is 1. The van der Waals surface area contributed by atoms with Crippen LogP contribution >= 0.6 is 11.3 Å². The van der Waals surface area contributed by atoms with Gasteiger partial charge in [0.2, 0.25) is 0 Å². The normalized spacial score (nSPS) is 12.2. The summed E-state index contributed by atoms with van der Waals surface area (Å²) < 4.78 is 56.5. The Morgan fingerprint density at radius 1 is 1.04 bits per heavy atom. The number of alkyl carbamates (subject to hydrolysis) is 1. The molecule has 0 spiro atoms. The number of carbonyl (C=O) groups is 1. The average molecular weight is 743 g/mol. The fourth-order valence-electron chi connectivity index (χ4n) is 5.80. The first-order valence-electron chi connectivity index (χ1n) is 16.9. The van der Waals surface area contributed by atoms with Crippen molar-refractivity contribution in [2.75, 3.05) is 26.4 Å². The zero-order valence-electron chi connectivity index (χ0n) is 30.1. The molecule has 0 saturated heterocycles. The van der Waals surface area contributed by atoms with Crippen LogP contribution in [0.1, 0.15) is 39.4 Å². The topological polar surface area (TPSA) is 125 Å². The van der Waals surface area contributed by atoms with E-state index in [0.717, 1.165) is 23.0 Å². The number of rotatable bonds is 14. The van der Waals surface area contributed by atoms with Gasteiger partial charge in [-0.3, -0.25) is 9.78 Å². The smallest absolute Gasteiger partial charge is 0.408 e. The summed E-state index contributed by atoms with van der Waals surface area (Å²) in [5, 5.41) is 18.4. The van der Waals surface area contributed by atoms with Gasteiger partial charge in [-0.25, -0.2) is 18.6 Å². The van der Waals surface area contributed by atoms with Gasteiger partial charge in [-0.2, -0.15) is 10.2 Å². The molecule has 0 aliphatic heterocycles. The van der Waals surface area contributed by atoms with Gasteiger partial charge in [-0.1, -0.05) is 18.7 Å². The molecule has 6 rings (SSSR count). The van der Waals surface area contributed by atoms with Crippen LogP contribution in [0.25, 0.3) is 54.8 Å². The molecule has 0 aliphatic carbocycles. The van der Waals surface area contributed by atoms with Gasteiger partial charge in [0.1, 0.15) is 53.3 Å². The van der Waals surface area contributed by atoms with Gasteiger partial charge in [0.25, 0.3) is 0 Å². The quantitative estimate of drug-likeness (QED) is 0.0838. The number of nitrogens with zero attached hydrogens (tertiary/aromatic N) is 4. The van der Waals surface area contributed by atoms with Crippen LogP contribution in [0, 0.1) is 11.6 Å². The summed E-state index contributed by atoms with van der Waals surface area (Å²) in [6, 6.07) is 8.82. The molecule has 0 unspecified atom stereocenters. The van der Waals surface area contributed by atoms with Gasteiger partial charge in [-0.05, 0) is 51.3 Å². The van der Waals surface area contributed by atoms with Crippen LogP contribution in [0.4, 0.5) is 13.6 Å². The second-order valence-corrected chi connectivity index (χ2v) is 14.1. The van der Waals surface area contributed by atoms with Crippen molar-refractivity contribution in [3.63, 3.8) is 0 Å². The van der Waals surface area contributed by atoms with E-state index in [4.69, 9.17) is 23.9 Å². The van der Waals surface area contributed by atoms with E-state index in [1.54, 1.807) is 50.6 Å². The Bertz CT molecular complexity index is 2310. The van der Waals surface area contributed by atoms with Gasteiger partial charge < -0.3 is 24.3 Å². The molecule has 1 amide bonds. The molecule has 4 aromatic heterocycles. The molecule has 4 heterocycles. The monoisotopic (exact) mass is 742 g/mol. The first-order valence-corrected chi connectivity index (χ1v) is 17.7. The Balaban J connectivity index is 1.57. The standard InChI is InChI=1S/C39H40F2N6O5S/c1-8-11-49-13-14-51-32-18-24(40)17-27(41)33(32)34-36(30-19-28(44-45-30)22(3)42-38(48)52-39(4,5)6)43-35(25-10-15-53-37(25)34)26-16-23-21-47(7)46-29(23)20-31(26)50-12-9-2/h8-10,15-22H,1-2,11-14H2,3-7H3,(H,42,48)(H,44,45)/t22-/m0/s1. The minimum atomic E-state index is -0.847. The summed E-state index contributed by atoms with van der Waals surface area (Å²) in [7, 11) is 1.84. The highest BCUT2D eigenvalue weighted by Gasteiger charge is 2.28. The van der Waals surface area contributed by atoms with Crippen molar-refractivity contribution in [1.82, 2.24) is 30.3 Å². The molecule has 1 atom stereocenters. The molecule has 6 aromatic rings. The lowest BCUT2D eigenvalue weighted by Crippen LogP contribution is -2.34. The molecule has 0 fully saturated rings. The number of carbonyl (C=O) groups excluding carboxylic acids is 1. The Hall–Kier alpha value is -5.60. The summed E-state index contributed by atoms with van der Waals surface area (Å²) in [6.45, 7) is 15.3. The van der Waals surface area contributed by atoms with Crippen LogP contribution in [-0.2, 0) is 16.5 Å². The van der Waals surface area contributed by atoms with Crippen LogP contribution in [0.3, 0.4) is 0 Å². The number of pyridine rings is 1. The van der Waals surface area contributed by atoms with Gasteiger partial charge in [0.05, 0.1) is 41.7 Å². The van der Waals surface area contributed by atoms with Crippen molar-refractivity contribution in [3.05, 3.63) is 90.6 Å². The number of ether oxygens (including phenoxy) is 4. The first-order chi connectivity index (χ1) is 25.4. The second-order valence-electron chi connectivity index (χ2n) is 13.2. The molecule has 2 aromatic carbocycles. The molecular formula is C39H40F2N6O5S. The van der Waals surface area contributed by atoms with Crippen molar-refractivity contribution in [1.29, 1.82) is 0 Å². The van der Waals surface area contributed by atoms with Crippen LogP contribution < -0.4 is 14.8 Å². The van der Waals surface area contributed by atoms with E-state index < -0.39 is 29.4 Å². The highest BCUT2D eigenvalue weighted by atomic mass is 32.1. The number of fused-ring (bicyclic) bond motifs is 2. The third kappa shape index (κ3) is 8.23. The van der Waals surface area contributed by atoms with E-state index in [1.807, 2.05) is 36.8 Å². The highest BCUT2D eigenvalue weighted by molar-refractivity contribution is 7.18. The fraction of sp³-hybridized carbons (Fsp3) is 0.282. The third-order valence-corrected chi connectivity index (χ3v) is 8.90. The summed E-state index contributed by atoms with van der Waals surface area (Å²) in [5.74, 6) is -1.17. The van der Waals surface area contributed by atoms with E-state index in [0.29, 0.717) is 50.7 Å². The number of H-pyrrole nitrogens is 1. The number of thiophene rings is 1. The Kier molecular flexibility index (Phi) is 10.9. The zero-order chi connectivity index (χ0) is 37.9. The zero-order valence-corrected chi connectivity index (χ0v) is 30.9. The minimum Gasteiger partial charge on any atom is -0.490 e. The van der Waals surface area contributed by atoms with E-state index in [2.05, 4.69) is 33.8 Å². The fourth-order valence-corrected chi connectivity index (χ4v) is 6.75. The molecule has 276 valence electrons. The number of benzene rings is 2. The number of nitrogens with one attached hydrogen (secondary N) is 2. The third-order valence-electron chi connectivity index (χ3n) is 7.97. The van der Waals surface area contributed by atoms with Crippen LogP contribution in [-0.4, -0.2) is 63.1 Å². The lowest BCUT2D eigenvalue weighted by Gasteiger charge is -2.21. The van der Waals surface area contributed by atoms with Crippen molar-refractivity contribution in [2.24, 2.45) is 7.05 Å². The lowest BCUT2D eigenvalue weighted by molar-refractivity contribution is 0.0507. The molecule has 0 aliphatic rings. The number of hydrogen-bond acceptors (Lipinski definition) is 9. The van der Waals surface area contributed by atoms with Gasteiger partial charge >= 0.3 is 6.09 Å². The van der Waals surface area contributed by atoms with Gasteiger partial charge in [0.15, 0.2) is 0 Å². The second kappa shape index (κ2) is 15.6. The number of hydrogen-bond donors (Lipinski definition) is 2. The van der Waals surface area contributed by atoms with Crippen LogP contribution in [0.2, 0.25) is 0 Å². The summed E-state index contributed by atoms with van der Waals surface area (Å²) in [5.41, 5.74) is 2.74. The van der Waals surface area contributed by atoms with Crippen molar-refractivity contribution in [2.45, 2.75) is 39.3 Å². The summed E-state index contributed by atoms with van der Waals surface area (Å²) >= 11 is 1.36. The van der Waals surface area contributed by atoms with Gasteiger partial charge in [0, 0.05) is 58.0 Å². The number of aromatic nitrogens is 5. The molecule has 0 radical (unpaired) electrons. The minimum absolute atomic E-state index is 0.00643. The summed E-state index contributed by atoms with van der Waals surface area (Å²) in [4.78, 5) is 17.8. The molecule has 0 saturated carbocycles. The lowest BCUT2D eigenvalue weighted by atomic mass is 9.95. The number of halogens is 2. The Morgan fingerprint density at radius 2 is 1.83 bits per heavy atom. The number of aryl methyl sites for hydroxylation is 1. The molecule has 53 heavy (non-hydrogen) atoms. The van der Waals surface area contributed by atoms with Crippen molar-refractivity contribution >= 4 is 38.4 Å². The van der Waals surface area contributed by atoms with Crippen molar-refractivity contribution < 1.29 is 32.5 Å². The van der Waals surface area contributed by atoms with Crippen LogP contribution in [0.5, 0.6) is 11.5 Å². The van der Waals surface area contributed by atoms with Crippen LogP contribution in [0.15, 0.2) is 73.3 Å². The molecule has 0 bridgehead atoms. The first kappa shape index (κ1) is 37.2. The average Bonchev–Trinajstić information content (AvgIpc) is 3.85. The predicted octanol–water partition coefficient (Wildman–Crippen LogP) is 8.92. The maximum absolute atomic E-state index is 16.3. The highest BCUT2D eigenvalue weighted by Crippen LogP contribution is 2.48. The van der Waals surface area contributed by atoms with Crippen molar-refractivity contribution in [3.8, 4) is 45.3 Å². The van der Waals surface area contributed by atoms with Gasteiger partial charge in [-0.15, -0.1) is 17.9 Å². The SMILES string of the molecule is C=CCOCCOc1cc(F)cc(F)c1-c1c(-c2cc([C@H](C)NC(=O)OC(C)(C)C)[nH]n2)nc(-c2cc3cn(C)nc3cc2OCC=C)c2ccsc12. The van der Waals surface area contributed by atoms with E-state index in [-0.39, 0.29) is 36.8 Å². The Morgan fingerprint density at radius 3 is 2.58 bits per heavy atom. The molecule has 11 nitrogen and oxygen atoms in total. The molecule has 14 heteroatoms.